The van der Waals surface area contributed by atoms with Crippen molar-refractivity contribution >= 4 is 28.4 Å². The molecular weight excluding hydrogens is 326 g/mol. The van der Waals surface area contributed by atoms with Gasteiger partial charge in [0.25, 0.3) is 11.8 Å². The fourth-order valence-electron chi connectivity index (χ4n) is 3.09. The van der Waals surface area contributed by atoms with E-state index in [1.807, 2.05) is 30.3 Å². The SMILES string of the molecule is CNC(=O)c1ccccc1NC(=O)c1cc(C2CC2)nc2ccccc12. The van der Waals surface area contributed by atoms with Crippen molar-refractivity contribution in [3.63, 3.8) is 0 Å². The van der Waals surface area contributed by atoms with E-state index in [9.17, 15) is 9.59 Å². The quantitative estimate of drug-likeness (QED) is 0.757. The summed E-state index contributed by atoms with van der Waals surface area (Å²) in [5.41, 5.74) is 3.30. The number of fused-ring (bicyclic) bond motifs is 1. The van der Waals surface area contributed by atoms with Crippen molar-refractivity contribution in [3.8, 4) is 0 Å². The van der Waals surface area contributed by atoms with E-state index in [1.165, 1.54) is 0 Å². The van der Waals surface area contributed by atoms with Crippen molar-refractivity contribution in [1.29, 1.82) is 0 Å². The zero-order valence-electron chi connectivity index (χ0n) is 14.5. The maximum absolute atomic E-state index is 13.0. The fourth-order valence-corrected chi connectivity index (χ4v) is 3.09. The minimum atomic E-state index is -0.237. The number of pyridine rings is 1. The van der Waals surface area contributed by atoms with Crippen LogP contribution in [0.5, 0.6) is 0 Å². The van der Waals surface area contributed by atoms with Crippen LogP contribution in [-0.2, 0) is 0 Å². The van der Waals surface area contributed by atoms with Gasteiger partial charge in [-0.25, -0.2) is 0 Å². The van der Waals surface area contributed by atoms with Gasteiger partial charge in [0.05, 0.1) is 22.3 Å². The first kappa shape index (κ1) is 16.3. The molecule has 0 aliphatic heterocycles. The Morgan fingerprint density at radius 1 is 0.962 bits per heavy atom. The molecule has 1 fully saturated rings. The van der Waals surface area contributed by atoms with Gasteiger partial charge in [0.15, 0.2) is 0 Å². The van der Waals surface area contributed by atoms with Gasteiger partial charge < -0.3 is 10.6 Å². The molecule has 3 aromatic rings. The average Bonchev–Trinajstić information content (AvgIpc) is 3.52. The molecule has 0 radical (unpaired) electrons. The third-order valence-electron chi connectivity index (χ3n) is 4.62. The molecule has 0 unspecified atom stereocenters. The number of carbonyl (C=O) groups is 2. The number of aromatic nitrogens is 1. The number of amides is 2. The predicted octanol–water partition coefficient (Wildman–Crippen LogP) is 3.72. The van der Waals surface area contributed by atoms with Crippen LogP contribution in [0.15, 0.2) is 54.6 Å². The highest BCUT2D eigenvalue weighted by atomic mass is 16.2. The highest BCUT2D eigenvalue weighted by molar-refractivity contribution is 6.14. The molecule has 1 saturated carbocycles. The number of hydrogen-bond acceptors (Lipinski definition) is 3. The molecule has 1 aliphatic carbocycles. The van der Waals surface area contributed by atoms with Crippen molar-refractivity contribution in [1.82, 2.24) is 10.3 Å². The van der Waals surface area contributed by atoms with Crippen LogP contribution in [0.2, 0.25) is 0 Å². The largest absolute Gasteiger partial charge is 0.355 e. The van der Waals surface area contributed by atoms with Crippen molar-refractivity contribution in [2.75, 3.05) is 12.4 Å². The van der Waals surface area contributed by atoms with Crippen LogP contribution in [-0.4, -0.2) is 23.8 Å². The van der Waals surface area contributed by atoms with E-state index in [4.69, 9.17) is 4.98 Å². The molecule has 0 bridgehead atoms. The fraction of sp³-hybridized carbons (Fsp3) is 0.190. The number of benzene rings is 2. The molecule has 1 aliphatic rings. The third kappa shape index (κ3) is 3.04. The molecule has 0 spiro atoms. The molecule has 130 valence electrons. The van der Waals surface area contributed by atoms with E-state index < -0.39 is 0 Å². The number of nitrogens with one attached hydrogen (secondary N) is 2. The molecule has 4 rings (SSSR count). The summed E-state index contributed by atoms with van der Waals surface area (Å²) in [5.74, 6) is -0.0229. The summed E-state index contributed by atoms with van der Waals surface area (Å²) in [6, 6.07) is 16.5. The Kier molecular flexibility index (Phi) is 4.13. The van der Waals surface area contributed by atoms with Gasteiger partial charge in [0.1, 0.15) is 0 Å². The molecule has 1 aromatic heterocycles. The first-order valence-electron chi connectivity index (χ1n) is 8.69. The normalized spacial score (nSPS) is 13.4. The maximum atomic E-state index is 13.0. The van der Waals surface area contributed by atoms with Crippen LogP contribution in [0.3, 0.4) is 0 Å². The molecule has 0 saturated heterocycles. The predicted molar refractivity (Wildman–Crippen MR) is 102 cm³/mol. The number of anilines is 1. The van der Waals surface area contributed by atoms with E-state index in [0.717, 1.165) is 29.4 Å². The van der Waals surface area contributed by atoms with Crippen molar-refractivity contribution in [2.24, 2.45) is 0 Å². The van der Waals surface area contributed by atoms with E-state index >= 15 is 0 Å². The lowest BCUT2D eigenvalue weighted by atomic mass is 10.0. The Bertz CT molecular complexity index is 1010. The standard InChI is InChI=1S/C21H19N3O2/c1-22-20(25)15-7-3-5-9-18(15)24-21(26)16-12-19(13-10-11-13)23-17-8-4-2-6-14(16)17/h2-9,12-13H,10-11H2,1H3,(H,22,25)(H,24,26). The van der Waals surface area contributed by atoms with Crippen LogP contribution in [0, 0.1) is 0 Å². The van der Waals surface area contributed by atoms with Crippen LogP contribution < -0.4 is 10.6 Å². The van der Waals surface area contributed by atoms with Crippen LogP contribution in [0.4, 0.5) is 5.69 Å². The molecule has 2 N–H and O–H groups in total. The molecule has 5 nitrogen and oxygen atoms in total. The molecule has 5 heteroatoms. The Balaban J connectivity index is 1.74. The molecule has 1 heterocycles. The summed E-state index contributed by atoms with van der Waals surface area (Å²) >= 11 is 0. The van der Waals surface area contributed by atoms with Gasteiger partial charge in [-0.1, -0.05) is 30.3 Å². The Labute approximate surface area is 151 Å². The number of nitrogens with zero attached hydrogens (tertiary/aromatic N) is 1. The molecule has 2 aromatic carbocycles. The zero-order valence-corrected chi connectivity index (χ0v) is 14.5. The lowest BCUT2D eigenvalue weighted by Crippen LogP contribution is -2.21. The number of hydrogen-bond donors (Lipinski definition) is 2. The smallest absolute Gasteiger partial charge is 0.256 e. The summed E-state index contributed by atoms with van der Waals surface area (Å²) in [7, 11) is 1.57. The van der Waals surface area contributed by atoms with E-state index in [1.54, 1.807) is 31.3 Å². The van der Waals surface area contributed by atoms with E-state index in [-0.39, 0.29) is 11.8 Å². The monoisotopic (exact) mass is 345 g/mol. The number of carbonyl (C=O) groups excluding carboxylic acids is 2. The maximum Gasteiger partial charge on any atom is 0.256 e. The molecule has 0 atom stereocenters. The summed E-state index contributed by atoms with van der Waals surface area (Å²) < 4.78 is 0. The highest BCUT2D eigenvalue weighted by Gasteiger charge is 2.27. The second-order valence-electron chi connectivity index (χ2n) is 6.46. The van der Waals surface area contributed by atoms with Gasteiger partial charge in [-0.15, -0.1) is 0 Å². The Morgan fingerprint density at radius 3 is 2.46 bits per heavy atom. The first-order chi connectivity index (χ1) is 12.7. The average molecular weight is 345 g/mol. The van der Waals surface area contributed by atoms with Gasteiger partial charge in [-0.3, -0.25) is 14.6 Å². The molecular formula is C21H19N3O2. The van der Waals surface area contributed by atoms with Crippen molar-refractivity contribution in [2.45, 2.75) is 18.8 Å². The minimum absolute atomic E-state index is 0.234. The highest BCUT2D eigenvalue weighted by Crippen LogP contribution is 2.40. The first-order valence-corrected chi connectivity index (χ1v) is 8.69. The topological polar surface area (TPSA) is 71.1 Å². The zero-order chi connectivity index (χ0) is 18.1. The summed E-state index contributed by atoms with van der Waals surface area (Å²) in [4.78, 5) is 29.8. The van der Waals surface area contributed by atoms with Gasteiger partial charge >= 0.3 is 0 Å². The number of para-hydroxylation sites is 2. The Morgan fingerprint density at radius 2 is 1.69 bits per heavy atom. The van der Waals surface area contributed by atoms with E-state index in [2.05, 4.69) is 10.6 Å². The Hall–Kier alpha value is -3.21. The van der Waals surface area contributed by atoms with Crippen LogP contribution in [0.25, 0.3) is 10.9 Å². The van der Waals surface area contributed by atoms with Gasteiger partial charge in [0.2, 0.25) is 0 Å². The van der Waals surface area contributed by atoms with Crippen molar-refractivity contribution in [3.05, 3.63) is 71.4 Å². The van der Waals surface area contributed by atoms with Gasteiger partial charge in [-0.2, -0.15) is 0 Å². The summed E-state index contributed by atoms with van der Waals surface area (Å²) in [6.07, 6.45) is 2.23. The summed E-state index contributed by atoms with van der Waals surface area (Å²) in [6.45, 7) is 0. The lowest BCUT2D eigenvalue weighted by molar-refractivity contribution is 0.0964. The lowest BCUT2D eigenvalue weighted by Gasteiger charge is -2.12. The molecule has 26 heavy (non-hydrogen) atoms. The number of rotatable bonds is 4. The molecule has 2 amide bonds. The van der Waals surface area contributed by atoms with Gasteiger partial charge in [0, 0.05) is 24.0 Å². The summed E-state index contributed by atoms with van der Waals surface area (Å²) in [5, 5.41) is 6.30. The third-order valence-corrected chi connectivity index (χ3v) is 4.62. The van der Waals surface area contributed by atoms with Gasteiger partial charge in [-0.05, 0) is 37.1 Å². The second kappa shape index (κ2) is 6.59. The minimum Gasteiger partial charge on any atom is -0.355 e. The van der Waals surface area contributed by atoms with Crippen molar-refractivity contribution < 1.29 is 9.59 Å². The van der Waals surface area contributed by atoms with E-state index in [0.29, 0.717) is 22.7 Å². The van der Waals surface area contributed by atoms with Crippen LogP contribution >= 0.6 is 0 Å². The van der Waals surface area contributed by atoms with Crippen LogP contribution in [0.1, 0.15) is 45.2 Å². The second-order valence-corrected chi connectivity index (χ2v) is 6.46.